The molecule has 4 nitrogen and oxygen atoms in total. The third kappa shape index (κ3) is 4.11. The van der Waals surface area contributed by atoms with Gasteiger partial charge < -0.3 is 15.4 Å². The van der Waals surface area contributed by atoms with E-state index in [1.807, 2.05) is 19.1 Å². The molecule has 1 amide bonds. The maximum atomic E-state index is 11.6. The Labute approximate surface area is 120 Å². The molecule has 0 unspecified atom stereocenters. The summed E-state index contributed by atoms with van der Waals surface area (Å²) in [7, 11) is 1.68. The average molecular weight is 285 g/mol. The van der Waals surface area contributed by atoms with Crippen LogP contribution in [0.3, 0.4) is 0 Å². The van der Waals surface area contributed by atoms with Gasteiger partial charge in [-0.2, -0.15) is 0 Å². The lowest BCUT2D eigenvalue weighted by Crippen LogP contribution is -2.51. The van der Waals surface area contributed by atoms with Gasteiger partial charge in [-0.25, -0.2) is 0 Å². The van der Waals surface area contributed by atoms with E-state index in [-0.39, 0.29) is 24.2 Å². The van der Waals surface area contributed by atoms with Crippen molar-refractivity contribution in [3.63, 3.8) is 0 Å². The Morgan fingerprint density at radius 3 is 2.79 bits per heavy atom. The zero-order valence-electron chi connectivity index (χ0n) is 11.4. The zero-order valence-corrected chi connectivity index (χ0v) is 12.2. The number of nitrogens with one attached hydrogen (secondary N) is 2. The molecule has 1 aliphatic rings. The fraction of sp³-hybridized carbons (Fsp3) is 0.500. The first-order valence-electron chi connectivity index (χ1n) is 6.32. The van der Waals surface area contributed by atoms with Crippen LogP contribution in [0.4, 0.5) is 0 Å². The molecule has 1 saturated heterocycles. The van der Waals surface area contributed by atoms with Crippen molar-refractivity contribution >= 4 is 18.3 Å². The fourth-order valence-electron chi connectivity index (χ4n) is 1.97. The van der Waals surface area contributed by atoms with E-state index >= 15 is 0 Å². The molecular weight excluding hydrogens is 264 g/mol. The number of ether oxygens (including phenoxy) is 1. The molecule has 2 N–H and O–H groups in total. The summed E-state index contributed by atoms with van der Waals surface area (Å²) in [5.74, 6) is 1.23. The van der Waals surface area contributed by atoms with Gasteiger partial charge in [-0.05, 0) is 30.5 Å². The van der Waals surface area contributed by atoms with E-state index in [0.717, 1.165) is 30.8 Å². The van der Waals surface area contributed by atoms with Gasteiger partial charge in [0.05, 0.1) is 13.0 Å². The van der Waals surface area contributed by atoms with Crippen molar-refractivity contribution < 1.29 is 9.53 Å². The molecule has 0 aromatic heterocycles. The second-order valence-electron chi connectivity index (χ2n) is 4.70. The van der Waals surface area contributed by atoms with Crippen LogP contribution >= 0.6 is 12.4 Å². The van der Waals surface area contributed by atoms with Gasteiger partial charge in [-0.1, -0.05) is 12.1 Å². The minimum atomic E-state index is 0. The Morgan fingerprint density at radius 2 is 2.21 bits per heavy atom. The van der Waals surface area contributed by atoms with Crippen LogP contribution in [0, 0.1) is 12.8 Å². The van der Waals surface area contributed by atoms with Crippen molar-refractivity contribution in [2.45, 2.75) is 13.3 Å². The summed E-state index contributed by atoms with van der Waals surface area (Å²) >= 11 is 0. The summed E-state index contributed by atoms with van der Waals surface area (Å²) in [6, 6.07) is 6.16. The topological polar surface area (TPSA) is 50.4 Å². The summed E-state index contributed by atoms with van der Waals surface area (Å²) in [6.45, 7) is 4.32. The zero-order chi connectivity index (χ0) is 13.0. The third-order valence-electron chi connectivity index (χ3n) is 3.34. The molecule has 0 atom stereocenters. The van der Waals surface area contributed by atoms with Crippen molar-refractivity contribution in [1.82, 2.24) is 10.6 Å². The predicted octanol–water partition coefficient (Wildman–Crippen LogP) is 1.30. The normalized spacial score (nSPS) is 14.2. The molecule has 1 heterocycles. The fourth-order valence-corrected chi connectivity index (χ4v) is 1.97. The second kappa shape index (κ2) is 7.36. The number of methoxy groups -OCH3 is 1. The summed E-state index contributed by atoms with van der Waals surface area (Å²) in [4.78, 5) is 11.6. The monoisotopic (exact) mass is 284 g/mol. The van der Waals surface area contributed by atoms with Crippen molar-refractivity contribution in [2.75, 3.05) is 26.7 Å². The molecule has 0 bridgehead atoms. The highest BCUT2D eigenvalue weighted by Crippen LogP contribution is 2.19. The molecule has 5 heteroatoms. The number of hydrogen-bond acceptors (Lipinski definition) is 3. The summed E-state index contributed by atoms with van der Waals surface area (Å²) in [5.41, 5.74) is 2.32. The first-order chi connectivity index (χ1) is 8.70. The maximum Gasteiger partial charge on any atom is 0.225 e. The minimum Gasteiger partial charge on any atom is -0.496 e. The van der Waals surface area contributed by atoms with Gasteiger partial charge in [0.1, 0.15) is 5.75 Å². The molecule has 0 radical (unpaired) electrons. The molecular formula is C14H21ClN2O2. The highest BCUT2D eigenvalue weighted by atomic mass is 35.5. The number of hydrogen-bond donors (Lipinski definition) is 2. The highest BCUT2D eigenvalue weighted by Gasteiger charge is 2.24. The minimum absolute atomic E-state index is 0. The van der Waals surface area contributed by atoms with Gasteiger partial charge in [0.15, 0.2) is 0 Å². The van der Waals surface area contributed by atoms with Gasteiger partial charge in [-0.3, -0.25) is 4.79 Å². The van der Waals surface area contributed by atoms with E-state index in [9.17, 15) is 4.79 Å². The predicted molar refractivity (Wildman–Crippen MR) is 78.1 cm³/mol. The Hall–Kier alpha value is -1.26. The van der Waals surface area contributed by atoms with Crippen LogP contribution in [0.15, 0.2) is 18.2 Å². The van der Waals surface area contributed by atoms with Crippen LogP contribution in [0.25, 0.3) is 0 Å². The summed E-state index contributed by atoms with van der Waals surface area (Å²) < 4.78 is 5.28. The van der Waals surface area contributed by atoms with Crippen LogP contribution in [0.1, 0.15) is 11.1 Å². The first-order valence-corrected chi connectivity index (χ1v) is 6.32. The van der Waals surface area contributed by atoms with Crippen LogP contribution in [-0.4, -0.2) is 32.7 Å². The van der Waals surface area contributed by atoms with Crippen molar-refractivity contribution in [3.8, 4) is 5.75 Å². The van der Waals surface area contributed by atoms with Gasteiger partial charge in [0.2, 0.25) is 5.91 Å². The Morgan fingerprint density at radius 1 is 1.47 bits per heavy atom. The molecule has 1 aliphatic heterocycles. The van der Waals surface area contributed by atoms with E-state index in [4.69, 9.17) is 4.74 Å². The Balaban J connectivity index is 0.00000180. The Bertz CT molecular complexity index is 433. The van der Waals surface area contributed by atoms with Gasteiger partial charge >= 0.3 is 0 Å². The van der Waals surface area contributed by atoms with E-state index in [0.29, 0.717) is 6.54 Å². The summed E-state index contributed by atoms with van der Waals surface area (Å²) in [6.07, 6.45) is 0.836. The molecule has 1 fully saturated rings. The van der Waals surface area contributed by atoms with Crippen LogP contribution in [0.5, 0.6) is 5.75 Å². The van der Waals surface area contributed by atoms with E-state index in [1.165, 1.54) is 5.56 Å². The second-order valence-corrected chi connectivity index (χ2v) is 4.70. The number of benzene rings is 1. The van der Waals surface area contributed by atoms with Crippen LogP contribution < -0.4 is 15.4 Å². The lowest BCUT2D eigenvalue weighted by Gasteiger charge is -2.25. The van der Waals surface area contributed by atoms with Gasteiger partial charge in [-0.15, -0.1) is 12.4 Å². The largest absolute Gasteiger partial charge is 0.496 e. The van der Waals surface area contributed by atoms with Crippen molar-refractivity contribution in [1.29, 1.82) is 0 Å². The third-order valence-corrected chi connectivity index (χ3v) is 3.34. The standard InChI is InChI=1S/C14H20N2O2.ClH/c1-10-3-4-11(7-13(10)18-2)5-6-16-14(17)12-8-15-9-12;/h3-4,7,12,15H,5-6,8-9H2,1-2H3,(H,16,17);1H. The molecule has 0 spiro atoms. The highest BCUT2D eigenvalue weighted by molar-refractivity contribution is 5.85. The quantitative estimate of drug-likeness (QED) is 0.857. The molecule has 106 valence electrons. The van der Waals surface area contributed by atoms with Gasteiger partial charge in [0.25, 0.3) is 0 Å². The van der Waals surface area contributed by atoms with E-state index < -0.39 is 0 Å². The maximum absolute atomic E-state index is 11.6. The van der Waals surface area contributed by atoms with E-state index in [1.54, 1.807) is 7.11 Å². The Kier molecular flexibility index (Phi) is 6.12. The SMILES string of the molecule is COc1cc(CCNC(=O)C2CNC2)ccc1C.Cl. The number of rotatable bonds is 5. The lowest BCUT2D eigenvalue weighted by atomic mass is 10.0. The van der Waals surface area contributed by atoms with Gasteiger partial charge in [0, 0.05) is 19.6 Å². The average Bonchev–Trinajstić information content (AvgIpc) is 2.29. The van der Waals surface area contributed by atoms with Crippen molar-refractivity contribution in [2.24, 2.45) is 5.92 Å². The molecule has 0 saturated carbocycles. The molecule has 1 aromatic carbocycles. The molecule has 19 heavy (non-hydrogen) atoms. The van der Waals surface area contributed by atoms with Crippen LogP contribution in [0.2, 0.25) is 0 Å². The first kappa shape index (κ1) is 15.8. The van der Waals surface area contributed by atoms with Crippen molar-refractivity contribution in [3.05, 3.63) is 29.3 Å². The number of aryl methyl sites for hydroxylation is 1. The van der Waals surface area contributed by atoms with Crippen LogP contribution in [-0.2, 0) is 11.2 Å². The molecule has 1 aromatic rings. The van der Waals surface area contributed by atoms with E-state index in [2.05, 4.69) is 16.7 Å². The molecule has 2 rings (SSSR count). The molecule has 0 aliphatic carbocycles. The lowest BCUT2D eigenvalue weighted by molar-refractivity contribution is -0.126. The summed E-state index contributed by atoms with van der Waals surface area (Å²) in [5, 5.41) is 6.06. The number of carbonyl (C=O) groups excluding carboxylic acids is 1. The number of carbonyl (C=O) groups is 1. The number of halogens is 1. The smallest absolute Gasteiger partial charge is 0.225 e. The number of amides is 1.